The number of amides is 3. The van der Waals surface area contributed by atoms with Crippen LogP contribution in [0.25, 0.3) is 0 Å². The van der Waals surface area contributed by atoms with E-state index in [1.807, 2.05) is 20.8 Å². The Morgan fingerprint density at radius 1 is 1.08 bits per heavy atom. The molecule has 152 valence electrons. The number of unbranched alkanes of at least 4 members (excludes halogenated alkanes) is 3. The van der Waals surface area contributed by atoms with Gasteiger partial charge in [-0.3, -0.25) is 14.4 Å². The van der Waals surface area contributed by atoms with Gasteiger partial charge in [0.1, 0.15) is 6.04 Å². The van der Waals surface area contributed by atoms with Crippen molar-refractivity contribution in [3.8, 4) is 0 Å². The van der Waals surface area contributed by atoms with E-state index in [-0.39, 0.29) is 23.7 Å². The summed E-state index contributed by atoms with van der Waals surface area (Å²) in [5.41, 5.74) is 5.45. The summed E-state index contributed by atoms with van der Waals surface area (Å²) in [4.78, 5) is 36.1. The summed E-state index contributed by atoms with van der Waals surface area (Å²) >= 11 is 0. The number of nitrogens with two attached hydrogens (primary N) is 1. The molecule has 0 aliphatic rings. The highest BCUT2D eigenvalue weighted by atomic mass is 16.3. The molecule has 7 heteroatoms. The summed E-state index contributed by atoms with van der Waals surface area (Å²) in [5.74, 6) is -0.856. The standard InChI is InChI=1S/C19H37N3O4/c1-13(2)12-16(24)22(5)17(19(20)26)18(25)14(3)10-8-6-7-9-11-21-15(4)23/h13-14,17-18,25H,6-12H2,1-5H3,(H2,20,26)(H,21,23)/t14-,17?,18-/m1/s1. The summed E-state index contributed by atoms with van der Waals surface area (Å²) in [5, 5.41) is 13.3. The van der Waals surface area contributed by atoms with E-state index in [1.54, 1.807) is 0 Å². The molecule has 3 amide bonds. The van der Waals surface area contributed by atoms with E-state index in [4.69, 9.17) is 5.73 Å². The first-order chi connectivity index (χ1) is 12.1. The first-order valence-electron chi connectivity index (χ1n) is 9.55. The Morgan fingerprint density at radius 3 is 2.15 bits per heavy atom. The lowest BCUT2D eigenvalue weighted by Gasteiger charge is -2.33. The van der Waals surface area contributed by atoms with Crippen LogP contribution in [0.15, 0.2) is 0 Å². The van der Waals surface area contributed by atoms with Gasteiger partial charge in [-0.25, -0.2) is 0 Å². The van der Waals surface area contributed by atoms with Gasteiger partial charge in [-0.2, -0.15) is 0 Å². The lowest BCUT2D eigenvalue weighted by Crippen LogP contribution is -2.54. The van der Waals surface area contributed by atoms with Crippen LogP contribution in [0.3, 0.4) is 0 Å². The SMILES string of the molecule is CC(=O)NCCCCCC[C@@H](C)[C@@H](O)C(C(N)=O)N(C)C(=O)CC(C)C. The smallest absolute Gasteiger partial charge is 0.242 e. The number of hydrogen-bond acceptors (Lipinski definition) is 4. The van der Waals surface area contributed by atoms with Gasteiger partial charge in [-0.05, 0) is 24.7 Å². The number of aliphatic hydroxyl groups is 1. The molecule has 4 N–H and O–H groups in total. The number of nitrogens with one attached hydrogen (secondary N) is 1. The number of aliphatic hydroxyl groups excluding tert-OH is 1. The third kappa shape index (κ3) is 9.75. The minimum Gasteiger partial charge on any atom is -0.390 e. The molecule has 26 heavy (non-hydrogen) atoms. The van der Waals surface area contributed by atoms with Gasteiger partial charge in [0.25, 0.3) is 0 Å². The lowest BCUT2D eigenvalue weighted by atomic mass is 9.91. The first-order valence-corrected chi connectivity index (χ1v) is 9.55. The fourth-order valence-corrected chi connectivity index (χ4v) is 2.93. The molecule has 0 heterocycles. The first kappa shape index (κ1) is 24.4. The fraction of sp³-hybridized carbons (Fsp3) is 0.842. The molecule has 0 spiro atoms. The minimum absolute atomic E-state index is 0.0182. The molecule has 0 bridgehead atoms. The predicted octanol–water partition coefficient (Wildman–Crippen LogP) is 1.43. The summed E-state index contributed by atoms with van der Waals surface area (Å²) < 4.78 is 0. The van der Waals surface area contributed by atoms with Crippen molar-refractivity contribution >= 4 is 17.7 Å². The van der Waals surface area contributed by atoms with E-state index in [0.29, 0.717) is 13.0 Å². The van der Waals surface area contributed by atoms with Crippen molar-refractivity contribution in [2.45, 2.75) is 78.4 Å². The topological polar surface area (TPSA) is 113 Å². The van der Waals surface area contributed by atoms with Crippen LogP contribution in [0.4, 0.5) is 0 Å². The molecule has 0 aliphatic carbocycles. The summed E-state index contributed by atoms with van der Waals surface area (Å²) in [6, 6.07) is -1.00. The Balaban J connectivity index is 4.41. The van der Waals surface area contributed by atoms with Crippen LogP contribution in [0.2, 0.25) is 0 Å². The number of primary amides is 1. The van der Waals surface area contributed by atoms with Gasteiger partial charge in [0.2, 0.25) is 17.7 Å². The number of hydrogen-bond donors (Lipinski definition) is 3. The van der Waals surface area contributed by atoms with E-state index < -0.39 is 18.1 Å². The lowest BCUT2D eigenvalue weighted by molar-refractivity contribution is -0.143. The summed E-state index contributed by atoms with van der Waals surface area (Å²) in [6.07, 6.45) is 3.90. The number of nitrogens with zero attached hydrogens (tertiary/aromatic N) is 1. The van der Waals surface area contributed by atoms with E-state index in [2.05, 4.69) is 5.32 Å². The van der Waals surface area contributed by atoms with Crippen molar-refractivity contribution in [1.82, 2.24) is 10.2 Å². The Labute approximate surface area is 157 Å². The maximum absolute atomic E-state index is 12.2. The Bertz CT molecular complexity index is 454. The van der Waals surface area contributed by atoms with Crippen LogP contribution in [0.5, 0.6) is 0 Å². The van der Waals surface area contributed by atoms with E-state index in [9.17, 15) is 19.5 Å². The molecular weight excluding hydrogens is 334 g/mol. The van der Waals surface area contributed by atoms with Crippen LogP contribution in [0, 0.1) is 11.8 Å². The second-order valence-electron chi connectivity index (χ2n) is 7.60. The van der Waals surface area contributed by atoms with E-state index >= 15 is 0 Å². The Kier molecular flexibility index (Phi) is 11.9. The van der Waals surface area contributed by atoms with Crippen molar-refractivity contribution in [1.29, 1.82) is 0 Å². The number of likely N-dealkylation sites (N-methyl/N-ethyl adjacent to an activating group) is 1. The van der Waals surface area contributed by atoms with Crippen LogP contribution in [0.1, 0.15) is 66.2 Å². The van der Waals surface area contributed by atoms with Gasteiger partial charge in [-0.15, -0.1) is 0 Å². The third-order valence-electron chi connectivity index (χ3n) is 4.55. The molecule has 0 fully saturated rings. The van der Waals surface area contributed by atoms with Crippen molar-refractivity contribution in [2.75, 3.05) is 13.6 Å². The molecule has 0 aromatic rings. The second kappa shape index (κ2) is 12.7. The predicted molar refractivity (Wildman–Crippen MR) is 102 cm³/mol. The molecule has 7 nitrogen and oxygen atoms in total. The van der Waals surface area contributed by atoms with Crippen LogP contribution >= 0.6 is 0 Å². The van der Waals surface area contributed by atoms with Crippen LogP contribution in [-0.4, -0.2) is 53.5 Å². The molecule has 1 unspecified atom stereocenters. The van der Waals surface area contributed by atoms with Gasteiger partial charge in [0.05, 0.1) is 6.10 Å². The Hall–Kier alpha value is -1.63. The van der Waals surface area contributed by atoms with Crippen LogP contribution in [-0.2, 0) is 14.4 Å². The maximum Gasteiger partial charge on any atom is 0.242 e. The highest BCUT2D eigenvalue weighted by Crippen LogP contribution is 2.20. The molecule has 0 radical (unpaired) electrons. The van der Waals surface area contributed by atoms with Crippen molar-refractivity contribution in [2.24, 2.45) is 17.6 Å². The van der Waals surface area contributed by atoms with Crippen molar-refractivity contribution in [3.63, 3.8) is 0 Å². The van der Waals surface area contributed by atoms with Crippen LogP contribution < -0.4 is 11.1 Å². The van der Waals surface area contributed by atoms with Gasteiger partial charge >= 0.3 is 0 Å². The monoisotopic (exact) mass is 371 g/mol. The maximum atomic E-state index is 12.2. The molecule has 0 saturated carbocycles. The van der Waals surface area contributed by atoms with E-state index in [0.717, 1.165) is 32.1 Å². The average molecular weight is 372 g/mol. The van der Waals surface area contributed by atoms with E-state index in [1.165, 1.54) is 18.9 Å². The molecular formula is C19H37N3O4. The molecule has 0 aromatic carbocycles. The second-order valence-corrected chi connectivity index (χ2v) is 7.60. The molecule has 0 rings (SSSR count). The molecule has 0 saturated heterocycles. The zero-order valence-electron chi connectivity index (χ0n) is 17.0. The molecule has 0 aromatic heterocycles. The average Bonchev–Trinajstić information content (AvgIpc) is 2.52. The van der Waals surface area contributed by atoms with Crippen molar-refractivity contribution in [3.05, 3.63) is 0 Å². The van der Waals surface area contributed by atoms with Crippen molar-refractivity contribution < 1.29 is 19.5 Å². The Morgan fingerprint density at radius 2 is 1.65 bits per heavy atom. The van der Waals surface area contributed by atoms with Gasteiger partial charge in [0, 0.05) is 26.9 Å². The summed E-state index contributed by atoms with van der Waals surface area (Å²) in [7, 11) is 1.53. The number of rotatable bonds is 13. The fourth-order valence-electron chi connectivity index (χ4n) is 2.93. The normalized spacial score (nSPS) is 14.6. The number of carbonyl (C=O) groups is 3. The highest BCUT2D eigenvalue weighted by molar-refractivity contribution is 5.87. The molecule has 0 aliphatic heterocycles. The highest BCUT2D eigenvalue weighted by Gasteiger charge is 2.34. The quantitative estimate of drug-likeness (QED) is 0.425. The molecule has 3 atom stereocenters. The summed E-state index contributed by atoms with van der Waals surface area (Å²) in [6.45, 7) is 7.91. The van der Waals surface area contributed by atoms with Gasteiger partial charge in [-0.1, -0.05) is 40.0 Å². The zero-order valence-corrected chi connectivity index (χ0v) is 17.0. The minimum atomic E-state index is -1.00. The third-order valence-corrected chi connectivity index (χ3v) is 4.55. The van der Waals surface area contributed by atoms with Gasteiger partial charge in [0.15, 0.2) is 0 Å². The number of carbonyl (C=O) groups excluding carboxylic acids is 3. The zero-order chi connectivity index (χ0) is 20.3. The largest absolute Gasteiger partial charge is 0.390 e. The van der Waals surface area contributed by atoms with Gasteiger partial charge < -0.3 is 21.1 Å².